The first-order chi connectivity index (χ1) is 23.8. The number of benzene rings is 5. The molecule has 0 unspecified atom stereocenters. The second-order valence-corrected chi connectivity index (χ2v) is 12.6. The minimum absolute atomic E-state index is 0.0420. The van der Waals surface area contributed by atoms with E-state index in [-0.39, 0.29) is 29.4 Å². The van der Waals surface area contributed by atoms with Gasteiger partial charge in [0.2, 0.25) is 0 Å². The standard InChI is InChI=1S/C37H26N5O6P/c38-23-26-11-14-27-22-33-35(41(34(27)21-26)28-17-19-30(43)20-18-28)40-37(45)42(36(33)44)29-15-12-25(13-16-29)24-39-49(46,47-31-7-3-1-4-8-31)48-32-9-5-2-6-10-32/h1-22,43H,24H2,(H,39,46). The van der Waals surface area contributed by atoms with Crippen LogP contribution in [0.15, 0.2) is 143 Å². The van der Waals surface area contributed by atoms with Crippen LogP contribution in [0.4, 0.5) is 0 Å². The Kier molecular flexibility index (Phi) is 8.24. The Morgan fingerprint density at radius 3 is 1.96 bits per heavy atom. The molecule has 5 aromatic carbocycles. The molecule has 0 aromatic heterocycles. The molecule has 240 valence electrons. The minimum atomic E-state index is -3.90. The molecule has 12 heteroatoms. The first-order valence-corrected chi connectivity index (χ1v) is 16.6. The summed E-state index contributed by atoms with van der Waals surface area (Å²) < 4.78 is 28.0. The molecule has 2 N–H and O–H groups in total. The van der Waals surface area contributed by atoms with Crippen LogP contribution in [0, 0.1) is 11.3 Å². The number of pyridine rings is 1. The Morgan fingerprint density at radius 2 is 1.35 bits per heavy atom. The highest BCUT2D eigenvalue weighted by molar-refractivity contribution is 7.52. The molecule has 7 rings (SSSR count). The molecule has 2 aliphatic heterocycles. The van der Waals surface area contributed by atoms with Gasteiger partial charge >= 0.3 is 13.4 Å². The molecule has 0 fully saturated rings. The van der Waals surface area contributed by atoms with Crippen molar-refractivity contribution in [2.45, 2.75) is 6.54 Å². The summed E-state index contributed by atoms with van der Waals surface area (Å²) in [5, 5.41) is 22.9. The largest absolute Gasteiger partial charge is 0.513 e. The smallest absolute Gasteiger partial charge is 0.508 e. The van der Waals surface area contributed by atoms with Crippen molar-refractivity contribution in [3.8, 4) is 46.1 Å². The Labute approximate surface area is 279 Å². The quantitative estimate of drug-likeness (QED) is 0.129. The first kappa shape index (κ1) is 31.1. The van der Waals surface area contributed by atoms with E-state index in [0.717, 1.165) is 4.57 Å². The van der Waals surface area contributed by atoms with Gasteiger partial charge in [-0.05, 0) is 89.8 Å². The molecular weight excluding hydrogens is 641 g/mol. The number of nitrogens with one attached hydrogen (secondary N) is 1. The van der Waals surface area contributed by atoms with Gasteiger partial charge in [0, 0.05) is 12.2 Å². The van der Waals surface area contributed by atoms with E-state index in [0.29, 0.717) is 39.2 Å². The van der Waals surface area contributed by atoms with Crippen LogP contribution >= 0.6 is 7.75 Å². The van der Waals surface area contributed by atoms with Crippen molar-refractivity contribution in [2.24, 2.45) is 0 Å². The summed E-state index contributed by atoms with van der Waals surface area (Å²) >= 11 is 0. The normalized spacial score (nSPS) is 11.3. The molecule has 49 heavy (non-hydrogen) atoms. The van der Waals surface area contributed by atoms with Crippen molar-refractivity contribution < 1.29 is 18.7 Å². The first-order valence-electron chi connectivity index (χ1n) is 15.1. The second-order valence-electron chi connectivity index (χ2n) is 11.0. The number of nitrogens with zero attached hydrogens (tertiary/aromatic N) is 4. The summed E-state index contributed by atoms with van der Waals surface area (Å²) in [7, 11) is -3.90. The van der Waals surface area contributed by atoms with Crippen molar-refractivity contribution in [3.63, 3.8) is 0 Å². The Morgan fingerprint density at radius 1 is 0.755 bits per heavy atom. The average Bonchev–Trinajstić information content (AvgIpc) is 3.12. The number of hydrogen-bond donors (Lipinski definition) is 2. The number of fused-ring (bicyclic) bond motifs is 2. The van der Waals surface area contributed by atoms with Gasteiger partial charge in [0.05, 0.1) is 28.4 Å². The zero-order chi connectivity index (χ0) is 34.0. The molecule has 0 bridgehead atoms. The van der Waals surface area contributed by atoms with Crippen molar-refractivity contribution in [2.75, 3.05) is 0 Å². The summed E-state index contributed by atoms with van der Waals surface area (Å²) in [6, 6.07) is 38.9. The van der Waals surface area contributed by atoms with E-state index in [1.54, 1.807) is 114 Å². The maximum Gasteiger partial charge on any atom is 0.513 e. The van der Waals surface area contributed by atoms with Crippen molar-refractivity contribution in [3.05, 3.63) is 165 Å². The van der Waals surface area contributed by atoms with Gasteiger partial charge in [0.15, 0.2) is 5.82 Å². The zero-order valence-corrected chi connectivity index (χ0v) is 26.5. The van der Waals surface area contributed by atoms with Crippen LogP contribution in [-0.4, -0.2) is 19.2 Å². The summed E-state index contributed by atoms with van der Waals surface area (Å²) in [4.78, 5) is 31.8. The number of aromatic nitrogens is 3. The maximum atomic E-state index is 14.0. The predicted molar refractivity (Wildman–Crippen MR) is 185 cm³/mol. The van der Waals surface area contributed by atoms with E-state index >= 15 is 0 Å². The molecule has 0 atom stereocenters. The highest BCUT2D eigenvalue weighted by atomic mass is 31.2. The van der Waals surface area contributed by atoms with Crippen LogP contribution in [0.25, 0.3) is 33.7 Å². The Balaban J connectivity index is 1.23. The molecule has 0 aliphatic carbocycles. The Bertz CT molecular complexity index is 2430. The third-order valence-electron chi connectivity index (χ3n) is 7.70. The molecule has 0 saturated heterocycles. The van der Waals surface area contributed by atoms with Gasteiger partial charge in [-0.2, -0.15) is 15.3 Å². The van der Waals surface area contributed by atoms with E-state index in [4.69, 9.17) is 9.05 Å². The molecule has 2 aliphatic rings. The number of para-hydroxylation sites is 2. The van der Waals surface area contributed by atoms with E-state index < -0.39 is 19.0 Å². The lowest BCUT2D eigenvalue weighted by molar-refractivity contribution is 0.370. The zero-order valence-electron chi connectivity index (χ0n) is 25.6. The highest BCUT2D eigenvalue weighted by Gasteiger charge is 2.28. The van der Waals surface area contributed by atoms with Crippen LogP contribution in [0.2, 0.25) is 0 Å². The van der Waals surface area contributed by atoms with E-state index in [1.807, 2.05) is 12.1 Å². The molecule has 0 saturated carbocycles. The minimum Gasteiger partial charge on any atom is -0.508 e. The molecule has 0 spiro atoms. The van der Waals surface area contributed by atoms with Crippen LogP contribution in [0.5, 0.6) is 17.2 Å². The summed E-state index contributed by atoms with van der Waals surface area (Å²) in [5.41, 5.74) is 1.23. The molecular formula is C37H26N5O6P. The predicted octanol–water partition coefficient (Wildman–Crippen LogP) is 6.57. The number of phenolic OH excluding ortho intramolecular Hbond substituents is 1. The topological polar surface area (TPSA) is 148 Å². The van der Waals surface area contributed by atoms with E-state index in [1.165, 1.54) is 12.1 Å². The Hall–Kier alpha value is -6.47. The summed E-state index contributed by atoms with van der Waals surface area (Å²) in [6.45, 7) is 0.0790. The molecule has 5 aromatic rings. The van der Waals surface area contributed by atoms with Crippen molar-refractivity contribution in [1.82, 2.24) is 19.2 Å². The number of aromatic hydroxyl groups is 1. The average molecular weight is 668 g/mol. The van der Waals surface area contributed by atoms with Crippen LogP contribution < -0.4 is 25.4 Å². The maximum absolute atomic E-state index is 14.0. The van der Waals surface area contributed by atoms with Gasteiger partial charge in [-0.25, -0.2) is 13.9 Å². The highest BCUT2D eigenvalue weighted by Crippen LogP contribution is 2.45. The molecule has 11 nitrogen and oxygen atoms in total. The van der Waals surface area contributed by atoms with Crippen LogP contribution in [0.1, 0.15) is 11.1 Å². The van der Waals surface area contributed by atoms with Gasteiger partial charge in [0.25, 0.3) is 5.56 Å². The summed E-state index contributed by atoms with van der Waals surface area (Å²) in [6.07, 6.45) is 0. The monoisotopic (exact) mass is 667 g/mol. The van der Waals surface area contributed by atoms with E-state index in [9.17, 15) is 24.5 Å². The second kappa shape index (κ2) is 13.0. The lowest BCUT2D eigenvalue weighted by Gasteiger charge is -2.20. The third kappa shape index (κ3) is 6.42. The van der Waals surface area contributed by atoms with Crippen molar-refractivity contribution in [1.29, 1.82) is 5.26 Å². The molecule has 0 radical (unpaired) electrons. The van der Waals surface area contributed by atoms with Crippen molar-refractivity contribution >= 4 is 18.6 Å². The lowest BCUT2D eigenvalue weighted by atomic mass is 10.1. The van der Waals surface area contributed by atoms with Gasteiger partial charge in [-0.3, -0.25) is 9.36 Å². The van der Waals surface area contributed by atoms with Gasteiger partial charge in [-0.15, -0.1) is 0 Å². The molecule has 2 heterocycles. The van der Waals surface area contributed by atoms with E-state index in [2.05, 4.69) is 16.1 Å². The third-order valence-corrected chi connectivity index (χ3v) is 9.14. The van der Waals surface area contributed by atoms with Gasteiger partial charge < -0.3 is 14.2 Å². The number of hydrogen-bond acceptors (Lipinski definition) is 8. The lowest BCUT2D eigenvalue weighted by Crippen LogP contribution is -2.36. The number of nitriles is 1. The fourth-order valence-corrected chi connectivity index (χ4v) is 6.71. The molecule has 0 amide bonds. The van der Waals surface area contributed by atoms with Gasteiger partial charge in [0.1, 0.15) is 17.2 Å². The fraction of sp³-hybridized carbons (Fsp3) is 0.0270. The fourth-order valence-electron chi connectivity index (χ4n) is 5.36. The number of rotatable bonds is 9. The SMILES string of the molecule is N#Cc1ccc2cc3c(=O)n(-c4ccc(CNP(=O)(Oc5ccccc5)Oc5ccccc5)cc4)c(=O)nc-3n(-c3ccc(O)cc3)c2c1. The van der Waals surface area contributed by atoms with Gasteiger partial charge in [-0.1, -0.05) is 54.6 Å². The number of phenols is 1. The van der Waals surface area contributed by atoms with Crippen LogP contribution in [-0.2, 0) is 11.1 Å². The summed E-state index contributed by atoms with van der Waals surface area (Å²) in [5.74, 6) is 0.870. The van der Waals surface area contributed by atoms with Crippen LogP contribution in [0.3, 0.4) is 0 Å².